The van der Waals surface area contributed by atoms with Crippen molar-refractivity contribution in [1.82, 2.24) is 19.2 Å². The number of thioether (sulfide) groups is 1. The molecule has 0 saturated heterocycles. The monoisotopic (exact) mass is 416 g/mol. The molecule has 0 aliphatic heterocycles. The van der Waals surface area contributed by atoms with Crippen LogP contribution in [0, 0.1) is 11.7 Å². The van der Waals surface area contributed by atoms with Crippen LogP contribution in [0.5, 0.6) is 0 Å². The molecule has 5 nitrogen and oxygen atoms in total. The molecule has 2 heterocycles. The van der Waals surface area contributed by atoms with Gasteiger partial charge < -0.3 is 0 Å². The van der Waals surface area contributed by atoms with Crippen LogP contribution < -0.4 is 5.56 Å². The number of rotatable bonds is 5. The third kappa shape index (κ3) is 3.40. The van der Waals surface area contributed by atoms with Gasteiger partial charge in [-0.2, -0.15) is 0 Å². The Balaban J connectivity index is 1.89. The van der Waals surface area contributed by atoms with Gasteiger partial charge in [-0.05, 0) is 35.7 Å². The Morgan fingerprint density at radius 2 is 1.96 bits per heavy atom. The molecule has 28 heavy (non-hydrogen) atoms. The van der Waals surface area contributed by atoms with E-state index in [1.807, 2.05) is 18.2 Å². The Bertz CT molecular complexity index is 1230. The van der Waals surface area contributed by atoms with Crippen molar-refractivity contribution >= 4 is 40.0 Å². The molecule has 2 aromatic heterocycles. The lowest BCUT2D eigenvalue weighted by Gasteiger charge is -2.13. The summed E-state index contributed by atoms with van der Waals surface area (Å²) in [4.78, 5) is 13.0. The molecule has 0 aliphatic carbocycles. The number of hydrogen-bond donors (Lipinski definition) is 0. The lowest BCUT2D eigenvalue weighted by molar-refractivity contribution is 0.517. The lowest BCUT2D eigenvalue weighted by atomic mass is 10.2. The molecular formula is C20H18ClFN4OS. The van der Waals surface area contributed by atoms with Gasteiger partial charge in [0.2, 0.25) is 5.78 Å². The highest BCUT2D eigenvalue weighted by Gasteiger charge is 2.18. The molecule has 8 heteroatoms. The Labute approximate surface area is 170 Å². The standard InChI is InChI=1S/C20H18ClFN4OS/c1-12(2)10-25-18(27)15-9-14(21)7-8-17(15)26-19(25)23-24-20(26)28-11-13-5-3-4-6-16(13)22/h3-9,12H,10-11H2,1-2H3. The predicted molar refractivity (Wildman–Crippen MR) is 111 cm³/mol. The first-order chi connectivity index (χ1) is 13.5. The Hall–Kier alpha value is -2.38. The van der Waals surface area contributed by atoms with Gasteiger partial charge in [0.25, 0.3) is 5.56 Å². The van der Waals surface area contributed by atoms with E-state index in [1.54, 1.807) is 41.0 Å². The molecule has 0 radical (unpaired) electrons. The fourth-order valence-electron chi connectivity index (χ4n) is 3.14. The van der Waals surface area contributed by atoms with E-state index in [9.17, 15) is 9.18 Å². The Morgan fingerprint density at radius 1 is 1.18 bits per heavy atom. The molecule has 0 aliphatic rings. The smallest absolute Gasteiger partial charge is 0.262 e. The first-order valence-corrected chi connectivity index (χ1v) is 10.3. The van der Waals surface area contributed by atoms with Crippen LogP contribution in [0.3, 0.4) is 0 Å². The molecule has 0 bridgehead atoms. The molecule has 2 aromatic carbocycles. The van der Waals surface area contributed by atoms with Crippen molar-refractivity contribution in [3.05, 3.63) is 69.2 Å². The first-order valence-electron chi connectivity index (χ1n) is 8.89. The molecule has 4 rings (SSSR count). The number of aromatic nitrogens is 4. The maximum absolute atomic E-state index is 14.0. The van der Waals surface area contributed by atoms with Crippen molar-refractivity contribution in [3.63, 3.8) is 0 Å². The SMILES string of the molecule is CC(C)Cn1c(=O)c2cc(Cl)ccc2n2c(SCc3ccccc3F)nnc12. The van der Waals surface area contributed by atoms with Gasteiger partial charge in [0.1, 0.15) is 5.82 Å². The molecule has 0 spiro atoms. The molecule has 4 aromatic rings. The number of hydrogen-bond acceptors (Lipinski definition) is 4. The Kier molecular flexibility index (Phi) is 5.12. The molecular weight excluding hydrogens is 399 g/mol. The molecule has 0 saturated carbocycles. The van der Waals surface area contributed by atoms with Crippen LogP contribution in [0.2, 0.25) is 5.02 Å². The van der Waals surface area contributed by atoms with Gasteiger partial charge in [-0.1, -0.05) is 55.4 Å². The zero-order valence-corrected chi connectivity index (χ0v) is 17.0. The molecule has 0 N–H and O–H groups in total. The second-order valence-corrected chi connectivity index (χ2v) is 8.35. The normalized spacial score (nSPS) is 11.8. The minimum Gasteiger partial charge on any atom is -0.276 e. The van der Waals surface area contributed by atoms with E-state index in [0.717, 1.165) is 0 Å². The predicted octanol–water partition coefficient (Wildman–Crippen LogP) is 4.79. The van der Waals surface area contributed by atoms with Gasteiger partial charge in [0, 0.05) is 17.3 Å². The van der Waals surface area contributed by atoms with Crippen LogP contribution in [0.4, 0.5) is 4.39 Å². The lowest BCUT2D eigenvalue weighted by Crippen LogP contribution is -2.25. The van der Waals surface area contributed by atoms with Crippen molar-refractivity contribution in [3.8, 4) is 0 Å². The van der Waals surface area contributed by atoms with Crippen molar-refractivity contribution in [1.29, 1.82) is 0 Å². The van der Waals surface area contributed by atoms with Crippen LogP contribution in [0.25, 0.3) is 16.7 Å². The summed E-state index contributed by atoms with van der Waals surface area (Å²) in [6.07, 6.45) is 0. The summed E-state index contributed by atoms with van der Waals surface area (Å²) in [5, 5.41) is 10.2. The average Bonchev–Trinajstić information content (AvgIpc) is 3.08. The average molecular weight is 417 g/mol. The van der Waals surface area contributed by atoms with Crippen LogP contribution in [-0.2, 0) is 12.3 Å². The zero-order chi connectivity index (χ0) is 19.8. The van der Waals surface area contributed by atoms with Gasteiger partial charge >= 0.3 is 0 Å². The highest BCUT2D eigenvalue weighted by molar-refractivity contribution is 7.98. The van der Waals surface area contributed by atoms with Gasteiger partial charge in [-0.25, -0.2) is 4.39 Å². The largest absolute Gasteiger partial charge is 0.276 e. The number of benzene rings is 2. The second-order valence-electron chi connectivity index (χ2n) is 6.97. The fraction of sp³-hybridized carbons (Fsp3) is 0.250. The molecule has 0 unspecified atom stereocenters. The quantitative estimate of drug-likeness (QED) is 0.439. The minimum absolute atomic E-state index is 0.142. The van der Waals surface area contributed by atoms with Crippen molar-refractivity contribution in [2.24, 2.45) is 5.92 Å². The summed E-state index contributed by atoms with van der Waals surface area (Å²) < 4.78 is 17.5. The number of halogens is 2. The first kappa shape index (κ1) is 19.0. The third-order valence-corrected chi connectivity index (χ3v) is 5.61. The Morgan fingerprint density at radius 3 is 2.71 bits per heavy atom. The van der Waals surface area contributed by atoms with Crippen LogP contribution >= 0.6 is 23.4 Å². The zero-order valence-electron chi connectivity index (χ0n) is 15.4. The second kappa shape index (κ2) is 7.56. The van der Waals surface area contributed by atoms with Crippen molar-refractivity contribution in [2.45, 2.75) is 31.3 Å². The van der Waals surface area contributed by atoms with E-state index >= 15 is 0 Å². The summed E-state index contributed by atoms with van der Waals surface area (Å²) in [5.41, 5.74) is 1.13. The maximum Gasteiger partial charge on any atom is 0.262 e. The van der Waals surface area contributed by atoms with Gasteiger partial charge in [0.15, 0.2) is 5.16 Å². The van der Waals surface area contributed by atoms with Crippen molar-refractivity contribution in [2.75, 3.05) is 0 Å². The summed E-state index contributed by atoms with van der Waals surface area (Å²) >= 11 is 7.51. The van der Waals surface area contributed by atoms with E-state index in [-0.39, 0.29) is 17.3 Å². The van der Waals surface area contributed by atoms with E-state index in [4.69, 9.17) is 11.6 Å². The highest BCUT2D eigenvalue weighted by atomic mass is 35.5. The third-order valence-electron chi connectivity index (χ3n) is 4.40. The number of nitrogens with zero attached hydrogens (tertiary/aromatic N) is 4. The van der Waals surface area contributed by atoms with E-state index in [0.29, 0.717) is 44.7 Å². The molecule has 0 amide bonds. The summed E-state index contributed by atoms with van der Waals surface area (Å²) in [5.74, 6) is 0.886. The minimum atomic E-state index is -0.253. The topological polar surface area (TPSA) is 52.2 Å². The van der Waals surface area contributed by atoms with E-state index in [2.05, 4.69) is 10.2 Å². The summed E-state index contributed by atoms with van der Waals surface area (Å²) in [6.45, 7) is 4.59. The number of fused-ring (bicyclic) bond motifs is 3. The van der Waals surface area contributed by atoms with Crippen LogP contribution in [0.1, 0.15) is 19.4 Å². The summed E-state index contributed by atoms with van der Waals surface area (Å²) in [7, 11) is 0. The fourth-order valence-corrected chi connectivity index (χ4v) is 4.24. The highest BCUT2D eigenvalue weighted by Crippen LogP contribution is 2.26. The molecule has 144 valence electrons. The van der Waals surface area contributed by atoms with Crippen LogP contribution in [-0.4, -0.2) is 19.2 Å². The maximum atomic E-state index is 14.0. The molecule has 0 fully saturated rings. The molecule has 0 atom stereocenters. The van der Waals surface area contributed by atoms with Gasteiger partial charge in [-0.3, -0.25) is 13.8 Å². The van der Waals surface area contributed by atoms with Gasteiger partial charge in [-0.15, -0.1) is 10.2 Å². The van der Waals surface area contributed by atoms with Crippen LogP contribution in [0.15, 0.2) is 52.4 Å². The van der Waals surface area contributed by atoms with E-state index in [1.165, 1.54) is 17.8 Å². The van der Waals surface area contributed by atoms with Gasteiger partial charge in [0.05, 0.1) is 10.9 Å². The van der Waals surface area contributed by atoms with Crippen molar-refractivity contribution < 1.29 is 4.39 Å². The summed E-state index contributed by atoms with van der Waals surface area (Å²) in [6, 6.07) is 11.9. The van der Waals surface area contributed by atoms with E-state index < -0.39 is 0 Å².